The molecule has 0 fully saturated rings. The minimum absolute atomic E-state index is 0.0188. The molecule has 0 spiro atoms. The Labute approximate surface area is 76.6 Å². The van der Waals surface area contributed by atoms with Gasteiger partial charge in [0.15, 0.2) is 5.69 Å². The third-order valence-corrected chi connectivity index (χ3v) is 1.74. The summed E-state index contributed by atoms with van der Waals surface area (Å²) >= 11 is 0. The Hall–Kier alpha value is -1.41. The van der Waals surface area contributed by atoms with Crippen molar-refractivity contribution in [3.8, 4) is 6.07 Å². The summed E-state index contributed by atoms with van der Waals surface area (Å²) in [7, 11) is 0. The van der Waals surface area contributed by atoms with E-state index in [0.29, 0.717) is 12.2 Å². The molecule has 5 heteroatoms. The van der Waals surface area contributed by atoms with Crippen LogP contribution in [0.1, 0.15) is 24.7 Å². The van der Waals surface area contributed by atoms with Gasteiger partial charge in [0, 0.05) is 0 Å². The summed E-state index contributed by atoms with van der Waals surface area (Å²) in [5.74, 6) is 0. The van der Waals surface area contributed by atoms with Crippen molar-refractivity contribution >= 4 is 0 Å². The summed E-state index contributed by atoms with van der Waals surface area (Å²) in [5, 5.41) is 24.9. The highest BCUT2D eigenvalue weighted by molar-refractivity contribution is 5.24. The predicted octanol–water partition coefficient (Wildman–Crippen LogP) is 0.0946. The van der Waals surface area contributed by atoms with Crippen molar-refractivity contribution in [2.24, 2.45) is 0 Å². The number of rotatable bonds is 4. The van der Waals surface area contributed by atoms with Crippen LogP contribution in [0.4, 0.5) is 0 Å². The van der Waals surface area contributed by atoms with E-state index in [9.17, 15) is 0 Å². The highest BCUT2D eigenvalue weighted by Gasteiger charge is 2.10. The number of hydrogen-bond donors (Lipinski definition) is 1. The van der Waals surface area contributed by atoms with Gasteiger partial charge in [0.25, 0.3) is 0 Å². The van der Waals surface area contributed by atoms with Gasteiger partial charge in [-0.15, -0.1) is 5.10 Å². The topological polar surface area (TPSA) is 74.7 Å². The van der Waals surface area contributed by atoms with Gasteiger partial charge >= 0.3 is 0 Å². The van der Waals surface area contributed by atoms with Gasteiger partial charge in [-0.3, -0.25) is 0 Å². The lowest BCUT2D eigenvalue weighted by molar-refractivity contribution is 0.266. The summed E-state index contributed by atoms with van der Waals surface area (Å²) in [5.41, 5.74) is 1.19. The summed E-state index contributed by atoms with van der Waals surface area (Å²) < 4.78 is 1.59. The number of nitrogens with zero attached hydrogens (tertiary/aromatic N) is 4. The molecule has 0 aliphatic heterocycles. The van der Waals surface area contributed by atoms with Crippen LogP contribution in [0.3, 0.4) is 0 Å². The Morgan fingerprint density at radius 3 is 2.92 bits per heavy atom. The predicted molar refractivity (Wildman–Crippen MR) is 45.8 cm³/mol. The molecule has 1 N–H and O–H groups in total. The van der Waals surface area contributed by atoms with Gasteiger partial charge in [0.1, 0.15) is 6.07 Å². The van der Waals surface area contributed by atoms with E-state index in [4.69, 9.17) is 10.4 Å². The first-order valence-corrected chi connectivity index (χ1v) is 4.26. The molecule has 0 aromatic carbocycles. The quantitative estimate of drug-likeness (QED) is 0.712. The third kappa shape index (κ3) is 2.04. The van der Waals surface area contributed by atoms with Crippen molar-refractivity contribution < 1.29 is 5.11 Å². The number of hydrogen-bond acceptors (Lipinski definition) is 4. The Morgan fingerprint density at radius 2 is 2.38 bits per heavy atom. The Kier molecular flexibility index (Phi) is 3.41. The molecule has 13 heavy (non-hydrogen) atoms. The van der Waals surface area contributed by atoms with Crippen LogP contribution in [-0.4, -0.2) is 26.7 Å². The first-order valence-electron chi connectivity index (χ1n) is 4.26. The first-order chi connectivity index (χ1) is 6.33. The highest BCUT2D eigenvalue weighted by Crippen LogP contribution is 2.06. The molecule has 1 heterocycles. The number of aliphatic hydroxyl groups is 1. The maximum atomic E-state index is 8.72. The fraction of sp³-hybridized carbons (Fsp3) is 0.625. The van der Waals surface area contributed by atoms with Crippen molar-refractivity contribution in [2.45, 2.75) is 26.3 Å². The Morgan fingerprint density at radius 1 is 1.62 bits per heavy atom. The van der Waals surface area contributed by atoms with Crippen LogP contribution in [0.25, 0.3) is 0 Å². The van der Waals surface area contributed by atoms with E-state index in [2.05, 4.69) is 10.3 Å². The van der Waals surface area contributed by atoms with Crippen molar-refractivity contribution in [1.29, 1.82) is 5.26 Å². The van der Waals surface area contributed by atoms with Gasteiger partial charge in [-0.25, -0.2) is 4.68 Å². The molecule has 1 aromatic heterocycles. The highest BCUT2D eigenvalue weighted by atomic mass is 16.3. The third-order valence-electron chi connectivity index (χ3n) is 1.74. The molecule has 0 bridgehead atoms. The monoisotopic (exact) mass is 180 g/mol. The smallest absolute Gasteiger partial charge is 0.185 e. The second-order valence-corrected chi connectivity index (χ2v) is 2.69. The molecule has 0 aliphatic rings. The molecule has 0 radical (unpaired) electrons. The Balaban J connectivity index is 2.93. The van der Waals surface area contributed by atoms with E-state index in [1.165, 1.54) is 0 Å². The summed E-state index contributed by atoms with van der Waals surface area (Å²) in [6.45, 7) is 2.45. The van der Waals surface area contributed by atoms with Crippen LogP contribution in [0, 0.1) is 11.3 Å². The first kappa shape index (κ1) is 9.68. The van der Waals surface area contributed by atoms with Gasteiger partial charge in [-0.2, -0.15) is 5.26 Å². The fourth-order valence-corrected chi connectivity index (χ4v) is 1.18. The van der Waals surface area contributed by atoms with Crippen molar-refractivity contribution in [2.75, 3.05) is 6.61 Å². The van der Waals surface area contributed by atoms with Crippen molar-refractivity contribution in [3.63, 3.8) is 0 Å². The molecule has 70 valence electrons. The number of aliphatic hydroxyl groups excluding tert-OH is 1. The minimum Gasteiger partial charge on any atom is -0.394 e. The molecule has 0 unspecified atom stereocenters. The molecule has 0 saturated carbocycles. The number of aromatic nitrogens is 3. The molecule has 0 amide bonds. The van der Waals surface area contributed by atoms with Crippen LogP contribution >= 0.6 is 0 Å². The molecule has 0 saturated heterocycles. The van der Waals surface area contributed by atoms with E-state index in [1.807, 2.05) is 13.0 Å². The summed E-state index contributed by atoms with van der Waals surface area (Å²) in [4.78, 5) is 0. The van der Waals surface area contributed by atoms with Gasteiger partial charge in [0.05, 0.1) is 18.8 Å². The van der Waals surface area contributed by atoms with E-state index in [1.54, 1.807) is 4.68 Å². The molecule has 1 rings (SSSR count). The molecule has 0 atom stereocenters. The second kappa shape index (κ2) is 4.58. The van der Waals surface area contributed by atoms with Crippen LogP contribution < -0.4 is 0 Å². The van der Waals surface area contributed by atoms with Crippen LogP contribution in [0.5, 0.6) is 0 Å². The lowest BCUT2D eigenvalue weighted by Crippen LogP contribution is -2.08. The van der Waals surface area contributed by atoms with Gasteiger partial charge in [-0.1, -0.05) is 18.6 Å². The van der Waals surface area contributed by atoms with Crippen LogP contribution in [0.15, 0.2) is 0 Å². The van der Waals surface area contributed by atoms with Gasteiger partial charge in [0.2, 0.25) is 0 Å². The van der Waals surface area contributed by atoms with Crippen LogP contribution in [-0.2, 0) is 13.0 Å². The molecular formula is C8H12N4O. The molecular weight excluding hydrogens is 168 g/mol. The van der Waals surface area contributed by atoms with E-state index in [-0.39, 0.29) is 6.61 Å². The zero-order valence-electron chi connectivity index (χ0n) is 7.56. The van der Waals surface area contributed by atoms with Crippen molar-refractivity contribution in [1.82, 2.24) is 15.0 Å². The minimum atomic E-state index is 0.0188. The van der Waals surface area contributed by atoms with Gasteiger partial charge in [-0.05, 0) is 6.42 Å². The zero-order chi connectivity index (χ0) is 9.68. The fourth-order valence-electron chi connectivity index (χ4n) is 1.18. The largest absolute Gasteiger partial charge is 0.394 e. The van der Waals surface area contributed by atoms with E-state index < -0.39 is 0 Å². The molecule has 0 aliphatic carbocycles. The Bertz CT molecular complexity index is 312. The standard InChI is InChI=1S/C8H12N4O/c1-2-3-8-7(6-9)10-11-12(8)4-5-13/h13H,2-5H2,1H3. The number of nitriles is 1. The maximum Gasteiger partial charge on any atom is 0.185 e. The zero-order valence-corrected chi connectivity index (χ0v) is 7.56. The van der Waals surface area contributed by atoms with E-state index in [0.717, 1.165) is 18.5 Å². The maximum absolute atomic E-state index is 8.72. The van der Waals surface area contributed by atoms with Crippen molar-refractivity contribution in [3.05, 3.63) is 11.4 Å². The lowest BCUT2D eigenvalue weighted by atomic mass is 10.2. The van der Waals surface area contributed by atoms with Crippen LogP contribution in [0.2, 0.25) is 0 Å². The summed E-state index contributed by atoms with van der Waals surface area (Å²) in [6, 6.07) is 1.98. The normalized spacial score (nSPS) is 9.92. The summed E-state index contributed by atoms with van der Waals surface area (Å²) in [6.07, 6.45) is 1.71. The van der Waals surface area contributed by atoms with Gasteiger partial charge < -0.3 is 5.11 Å². The average molecular weight is 180 g/mol. The SMILES string of the molecule is CCCc1c(C#N)nnn1CCO. The lowest BCUT2D eigenvalue weighted by Gasteiger charge is -2.01. The molecule has 5 nitrogen and oxygen atoms in total. The second-order valence-electron chi connectivity index (χ2n) is 2.69. The van der Waals surface area contributed by atoms with E-state index >= 15 is 0 Å². The average Bonchev–Trinajstić information content (AvgIpc) is 2.50. The molecule has 1 aromatic rings.